The number of amidine groups is 1. The minimum absolute atomic E-state index is 0.0678. The minimum Gasteiger partial charge on any atom is -0.491 e. The first-order valence-electron chi connectivity index (χ1n) is 6.83. The number of methoxy groups -OCH3 is 1. The van der Waals surface area contributed by atoms with Crippen molar-refractivity contribution in [2.24, 2.45) is 4.99 Å². The lowest BCUT2D eigenvalue weighted by molar-refractivity contribution is 0.0506. The Morgan fingerprint density at radius 1 is 1.24 bits per heavy atom. The number of benzene rings is 1. The molecule has 0 N–H and O–H groups in total. The van der Waals surface area contributed by atoms with Crippen LogP contribution in [-0.2, 0) is 4.74 Å². The van der Waals surface area contributed by atoms with Gasteiger partial charge in [-0.15, -0.1) is 0 Å². The molecule has 0 saturated heterocycles. The lowest BCUT2D eigenvalue weighted by atomic mass is 10.1. The molecule has 0 aliphatic carbocycles. The van der Waals surface area contributed by atoms with Gasteiger partial charge in [0.2, 0.25) is 0 Å². The molecular formula is C15H21FN2O3. The molecule has 2 unspecified atom stereocenters. The summed E-state index contributed by atoms with van der Waals surface area (Å²) >= 11 is 0. The van der Waals surface area contributed by atoms with Crippen LogP contribution in [0.2, 0.25) is 0 Å². The fraction of sp³-hybridized carbons (Fsp3) is 0.533. The van der Waals surface area contributed by atoms with E-state index in [1.807, 2.05) is 20.9 Å². The summed E-state index contributed by atoms with van der Waals surface area (Å²) in [7, 11) is 3.49. The zero-order valence-corrected chi connectivity index (χ0v) is 12.8. The zero-order chi connectivity index (χ0) is 15.4. The Balaban J connectivity index is 1.98. The SMILES string of the molecule is COCOc1cc(F)cc(OCC2C(C)N=C(C)N2C)c1. The largest absolute Gasteiger partial charge is 0.491 e. The number of rotatable bonds is 6. The van der Waals surface area contributed by atoms with E-state index in [2.05, 4.69) is 9.89 Å². The summed E-state index contributed by atoms with van der Waals surface area (Å²) in [5.74, 6) is 1.40. The number of hydrogen-bond donors (Lipinski definition) is 0. The van der Waals surface area contributed by atoms with Gasteiger partial charge < -0.3 is 19.1 Å². The number of ether oxygens (including phenoxy) is 3. The summed E-state index contributed by atoms with van der Waals surface area (Å²) < 4.78 is 29.3. The first-order chi connectivity index (χ1) is 10.0. The van der Waals surface area contributed by atoms with Gasteiger partial charge in [-0.1, -0.05) is 0 Å². The number of hydrogen-bond acceptors (Lipinski definition) is 5. The van der Waals surface area contributed by atoms with Crippen molar-refractivity contribution in [3.63, 3.8) is 0 Å². The quantitative estimate of drug-likeness (QED) is 0.756. The fourth-order valence-corrected chi connectivity index (χ4v) is 2.30. The number of halogens is 1. The highest BCUT2D eigenvalue weighted by atomic mass is 19.1. The highest BCUT2D eigenvalue weighted by Crippen LogP contribution is 2.24. The van der Waals surface area contributed by atoms with Gasteiger partial charge in [0.15, 0.2) is 6.79 Å². The summed E-state index contributed by atoms with van der Waals surface area (Å²) in [5.41, 5.74) is 0. The molecule has 2 atom stereocenters. The molecule has 1 aromatic rings. The van der Waals surface area contributed by atoms with Crippen molar-refractivity contribution in [1.82, 2.24) is 4.90 Å². The van der Waals surface area contributed by atoms with Gasteiger partial charge in [-0.05, 0) is 13.8 Å². The van der Waals surface area contributed by atoms with E-state index in [-0.39, 0.29) is 18.9 Å². The van der Waals surface area contributed by atoms with Crippen LogP contribution in [-0.4, -0.2) is 50.4 Å². The van der Waals surface area contributed by atoms with Crippen molar-refractivity contribution in [2.45, 2.75) is 25.9 Å². The van der Waals surface area contributed by atoms with Gasteiger partial charge in [0.1, 0.15) is 23.9 Å². The molecule has 1 aliphatic rings. The Morgan fingerprint density at radius 2 is 1.90 bits per heavy atom. The maximum atomic E-state index is 13.5. The molecule has 1 aromatic carbocycles. The van der Waals surface area contributed by atoms with Crippen LogP contribution in [0.1, 0.15) is 13.8 Å². The summed E-state index contributed by atoms with van der Waals surface area (Å²) in [4.78, 5) is 6.56. The van der Waals surface area contributed by atoms with E-state index in [9.17, 15) is 4.39 Å². The second-order valence-corrected chi connectivity index (χ2v) is 5.08. The van der Waals surface area contributed by atoms with Crippen molar-refractivity contribution in [1.29, 1.82) is 0 Å². The predicted octanol–water partition coefficient (Wildman–Crippen LogP) is 2.31. The fourth-order valence-electron chi connectivity index (χ4n) is 2.30. The number of nitrogens with zero attached hydrogens (tertiary/aromatic N) is 2. The molecule has 1 heterocycles. The van der Waals surface area contributed by atoms with Gasteiger partial charge in [0.05, 0.1) is 17.9 Å². The maximum absolute atomic E-state index is 13.5. The van der Waals surface area contributed by atoms with Crippen LogP contribution >= 0.6 is 0 Å². The van der Waals surface area contributed by atoms with Crippen LogP contribution in [0, 0.1) is 5.82 Å². The average Bonchev–Trinajstić information content (AvgIpc) is 2.67. The van der Waals surface area contributed by atoms with Crippen LogP contribution in [0.4, 0.5) is 4.39 Å². The van der Waals surface area contributed by atoms with E-state index in [0.29, 0.717) is 18.1 Å². The molecule has 0 aromatic heterocycles. The molecule has 0 spiro atoms. The number of aliphatic imine (C=N–C) groups is 1. The lowest BCUT2D eigenvalue weighted by Crippen LogP contribution is -2.39. The molecule has 21 heavy (non-hydrogen) atoms. The smallest absolute Gasteiger partial charge is 0.188 e. The van der Waals surface area contributed by atoms with Gasteiger partial charge in [0, 0.05) is 32.4 Å². The highest BCUT2D eigenvalue weighted by molar-refractivity contribution is 5.81. The Labute approximate surface area is 124 Å². The van der Waals surface area contributed by atoms with Crippen LogP contribution in [0.15, 0.2) is 23.2 Å². The Hall–Kier alpha value is -1.82. The Morgan fingerprint density at radius 3 is 2.48 bits per heavy atom. The van der Waals surface area contributed by atoms with Gasteiger partial charge >= 0.3 is 0 Å². The van der Waals surface area contributed by atoms with E-state index in [1.54, 1.807) is 6.07 Å². The van der Waals surface area contributed by atoms with Crippen molar-refractivity contribution in [2.75, 3.05) is 27.6 Å². The molecule has 1 aliphatic heterocycles. The molecule has 0 amide bonds. The van der Waals surface area contributed by atoms with Crippen molar-refractivity contribution < 1.29 is 18.6 Å². The normalized spacial score (nSPS) is 21.4. The second kappa shape index (κ2) is 6.76. The third-order valence-electron chi connectivity index (χ3n) is 3.56. The molecule has 0 radical (unpaired) electrons. The molecule has 6 heteroatoms. The van der Waals surface area contributed by atoms with Gasteiger partial charge in [-0.25, -0.2) is 4.39 Å². The van der Waals surface area contributed by atoms with Gasteiger partial charge in [0.25, 0.3) is 0 Å². The average molecular weight is 296 g/mol. The summed E-state index contributed by atoms with van der Waals surface area (Å²) in [5, 5.41) is 0. The van der Waals surface area contributed by atoms with Crippen molar-refractivity contribution in [3.8, 4) is 11.5 Å². The number of likely N-dealkylation sites (N-methyl/N-ethyl adjacent to an activating group) is 1. The topological polar surface area (TPSA) is 43.3 Å². The zero-order valence-electron chi connectivity index (χ0n) is 12.8. The van der Waals surface area contributed by atoms with Crippen LogP contribution < -0.4 is 9.47 Å². The summed E-state index contributed by atoms with van der Waals surface area (Å²) in [6, 6.07) is 4.59. The van der Waals surface area contributed by atoms with Crippen molar-refractivity contribution in [3.05, 3.63) is 24.0 Å². The molecular weight excluding hydrogens is 275 g/mol. The second-order valence-electron chi connectivity index (χ2n) is 5.08. The highest BCUT2D eigenvalue weighted by Gasteiger charge is 2.29. The van der Waals surface area contributed by atoms with E-state index >= 15 is 0 Å². The predicted molar refractivity (Wildman–Crippen MR) is 78.5 cm³/mol. The molecule has 5 nitrogen and oxygen atoms in total. The molecule has 116 valence electrons. The molecule has 0 saturated carbocycles. The van der Waals surface area contributed by atoms with Crippen LogP contribution in [0.5, 0.6) is 11.5 Å². The van der Waals surface area contributed by atoms with Gasteiger partial charge in [-0.2, -0.15) is 0 Å². The summed E-state index contributed by atoms with van der Waals surface area (Å²) in [6.45, 7) is 4.51. The monoisotopic (exact) mass is 296 g/mol. The third kappa shape index (κ3) is 3.85. The third-order valence-corrected chi connectivity index (χ3v) is 3.56. The van der Waals surface area contributed by atoms with E-state index in [0.717, 1.165) is 5.84 Å². The van der Waals surface area contributed by atoms with E-state index in [4.69, 9.17) is 14.2 Å². The molecule has 0 fully saturated rings. The van der Waals surface area contributed by atoms with Gasteiger partial charge in [-0.3, -0.25) is 4.99 Å². The van der Waals surface area contributed by atoms with Crippen molar-refractivity contribution >= 4 is 5.84 Å². The maximum Gasteiger partial charge on any atom is 0.188 e. The molecule has 2 rings (SSSR count). The van der Waals surface area contributed by atoms with Crippen LogP contribution in [0.3, 0.4) is 0 Å². The first kappa shape index (κ1) is 15.6. The Kier molecular flexibility index (Phi) is 5.01. The molecule has 0 bridgehead atoms. The summed E-state index contributed by atoms with van der Waals surface area (Å²) in [6.07, 6.45) is 0. The minimum atomic E-state index is -0.404. The van der Waals surface area contributed by atoms with E-state index in [1.165, 1.54) is 19.2 Å². The standard InChI is InChI=1S/C15H21FN2O3/c1-10-15(18(3)11(2)17-10)8-20-13-5-12(16)6-14(7-13)21-9-19-4/h5-7,10,15H,8-9H2,1-4H3. The lowest BCUT2D eigenvalue weighted by Gasteiger charge is -2.24. The van der Waals surface area contributed by atoms with E-state index < -0.39 is 5.82 Å². The Bertz CT molecular complexity index is 522. The first-order valence-corrected chi connectivity index (χ1v) is 6.83. The van der Waals surface area contributed by atoms with Crippen LogP contribution in [0.25, 0.3) is 0 Å².